The molecule has 0 aromatic heterocycles. The third kappa shape index (κ3) is 3.54. The van der Waals surface area contributed by atoms with Crippen LogP contribution >= 0.6 is 0 Å². The molecule has 0 atom stereocenters. The molecule has 2 saturated heterocycles. The lowest BCUT2D eigenvalue weighted by Crippen LogP contribution is -2.54. The van der Waals surface area contributed by atoms with Gasteiger partial charge in [-0.25, -0.2) is 4.39 Å². The van der Waals surface area contributed by atoms with Crippen molar-refractivity contribution in [2.24, 2.45) is 5.41 Å². The molecule has 6 heteroatoms. The van der Waals surface area contributed by atoms with Gasteiger partial charge in [0, 0.05) is 39.3 Å². The van der Waals surface area contributed by atoms with Crippen molar-refractivity contribution in [2.75, 3.05) is 44.2 Å². The van der Waals surface area contributed by atoms with Crippen molar-refractivity contribution in [1.29, 1.82) is 0 Å². The molecule has 0 radical (unpaired) electrons. The summed E-state index contributed by atoms with van der Waals surface area (Å²) in [7, 11) is 0. The van der Waals surface area contributed by atoms with Gasteiger partial charge in [0.25, 0.3) is 0 Å². The molecule has 2 aliphatic heterocycles. The molecule has 2 heterocycles. The molecule has 2 amide bonds. The van der Waals surface area contributed by atoms with Crippen LogP contribution in [0.5, 0.6) is 0 Å². The van der Waals surface area contributed by atoms with Gasteiger partial charge in [0.2, 0.25) is 11.8 Å². The normalized spacial score (nSPS) is 22.3. The second-order valence-electron chi connectivity index (χ2n) is 8.02. The van der Waals surface area contributed by atoms with Crippen LogP contribution in [0.1, 0.15) is 38.5 Å². The molecule has 3 aliphatic rings. The fraction of sp³-hybridized carbons (Fsp3) is 0.619. The van der Waals surface area contributed by atoms with E-state index in [1.807, 2.05) is 20.8 Å². The fourth-order valence-electron chi connectivity index (χ4n) is 4.38. The Morgan fingerprint density at radius 2 is 1.33 bits per heavy atom. The average molecular weight is 373 g/mol. The van der Waals surface area contributed by atoms with Gasteiger partial charge in [0.15, 0.2) is 0 Å². The predicted molar refractivity (Wildman–Crippen MR) is 102 cm³/mol. The second-order valence-corrected chi connectivity index (χ2v) is 8.02. The van der Waals surface area contributed by atoms with Crippen LogP contribution in [-0.4, -0.2) is 60.9 Å². The standard InChI is InChI=1S/C21H28FN3O2/c22-17-7-3-4-8-18(17)23-13-15-25(16-14-23)20(27)21(9-10-21)19(26)24-11-5-1-2-6-12-24/h3-4,7-8H,1-2,5-6,9-16H2. The van der Waals surface area contributed by atoms with Crippen molar-refractivity contribution in [3.05, 3.63) is 30.1 Å². The zero-order valence-electron chi connectivity index (χ0n) is 15.8. The summed E-state index contributed by atoms with van der Waals surface area (Å²) < 4.78 is 14.0. The number of anilines is 1. The Labute approximate surface area is 160 Å². The first-order valence-corrected chi connectivity index (χ1v) is 10.2. The number of nitrogens with zero attached hydrogens (tertiary/aromatic N) is 3. The van der Waals surface area contributed by atoms with E-state index in [2.05, 4.69) is 0 Å². The van der Waals surface area contributed by atoms with E-state index in [4.69, 9.17) is 0 Å². The molecule has 0 bridgehead atoms. The van der Waals surface area contributed by atoms with Crippen molar-refractivity contribution in [2.45, 2.75) is 38.5 Å². The maximum absolute atomic E-state index is 14.0. The van der Waals surface area contributed by atoms with Gasteiger partial charge >= 0.3 is 0 Å². The minimum Gasteiger partial charge on any atom is -0.366 e. The van der Waals surface area contributed by atoms with E-state index >= 15 is 0 Å². The number of rotatable bonds is 3. The lowest BCUT2D eigenvalue weighted by molar-refractivity contribution is -0.149. The number of piperazine rings is 1. The van der Waals surface area contributed by atoms with E-state index < -0.39 is 5.41 Å². The van der Waals surface area contributed by atoms with Crippen LogP contribution in [0.25, 0.3) is 0 Å². The number of amides is 2. The summed E-state index contributed by atoms with van der Waals surface area (Å²) in [5.74, 6) is -0.192. The molecule has 1 aromatic carbocycles. The maximum Gasteiger partial charge on any atom is 0.238 e. The molecule has 27 heavy (non-hydrogen) atoms. The Morgan fingerprint density at radius 3 is 1.89 bits per heavy atom. The minimum absolute atomic E-state index is 0.00932. The number of carbonyl (C=O) groups excluding carboxylic acids is 2. The first-order valence-electron chi connectivity index (χ1n) is 10.2. The van der Waals surface area contributed by atoms with Gasteiger partial charge in [-0.05, 0) is 37.8 Å². The number of likely N-dealkylation sites (tertiary alicyclic amines) is 1. The quantitative estimate of drug-likeness (QED) is 0.765. The van der Waals surface area contributed by atoms with Crippen LogP contribution in [0.3, 0.4) is 0 Å². The molecule has 1 aliphatic carbocycles. The highest BCUT2D eigenvalue weighted by Gasteiger charge is 2.59. The van der Waals surface area contributed by atoms with Crippen LogP contribution < -0.4 is 4.90 Å². The fourth-order valence-corrected chi connectivity index (χ4v) is 4.38. The van der Waals surface area contributed by atoms with Crippen LogP contribution in [0.4, 0.5) is 10.1 Å². The third-order valence-electron chi connectivity index (χ3n) is 6.22. The van der Waals surface area contributed by atoms with E-state index in [1.54, 1.807) is 12.1 Å². The van der Waals surface area contributed by atoms with E-state index in [1.165, 1.54) is 18.9 Å². The van der Waals surface area contributed by atoms with Crippen molar-refractivity contribution < 1.29 is 14.0 Å². The smallest absolute Gasteiger partial charge is 0.238 e. The second kappa shape index (κ2) is 7.49. The van der Waals surface area contributed by atoms with E-state index in [-0.39, 0.29) is 17.6 Å². The van der Waals surface area contributed by atoms with Crippen molar-refractivity contribution >= 4 is 17.5 Å². The first-order chi connectivity index (χ1) is 13.1. The SMILES string of the molecule is O=C(N1CCCCCC1)C1(C(=O)N2CCN(c3ccccc3F)CC2)CC1. The molecular weight excluding hydrogens is 345 g/mol. The Morgan fingerprint density at radius 1 is 0.778 bits per heavy atom. The van der Waals surface area contributed by atoms with Gasteiger partial charge in [-0.2, -0.15) is 0 Å². The van der Waals surface area contributed by atoms with Gasteiger partial charge in [-0.15, -0.1) is 0 Å². The van der Waals surface area contributed by atoms with Gasteiger partial charge < -0.3 is 14.7 Å². The third-order valence-corrected chi connectivity index (χ3v) is 6.22. The minimum atomic E-state index is -0.801. The van der Waals surface area contributed by atoms with Crippen molar-refractivity contribution in [1.82, 2.24) is 9.80 Å². The van der Waals surface area contributed by atoms with Crippen molar-refractivity contribution in [3.63, 3.8) is 0 Å². The maximum atomic E-state index is 14.0. The highest BCUT2D eigenvalue weighted by molar-refractivity contribution is 6.08. The van der Waals surface area contributed by atoms with E-state index in [0.29, 0.717) is 44.7 Å². The predicted octanol–water partition coefficient (Wildman–Crippen LogP) is 2.66. The number of hydrogen-bond acceptors (Lipinski definition) is 3. The zero-order chi connectivity index (χ0) is 18.9. The van der Waals surface area contributed by atoms with Crippen LogP contribution in [0.2, 0.25) is 0 Å². The summed E-state index contributed by atoms with van der Waals surface area (Å²) in [5.41, 5.74) is -0.212. The number of carbonyl (C=O) groups is 2. The summed E-state index contributed by atoms with van der Waals surface area (Å²) >= 11 is 0. The summed E-state index contributed by atoms with van der Waals surface area (Å²) in [4.78, 5) is 31.9. The van der Waals surface area contributed by atoms with E-state index in [0.717, 1.165) is 25.9 Å². The average Bonchev–Trinajstić information content (AvgIpc) is 3.52. The van der Waals surface area contributed by atoms with Gasteiger partial charge in [-0.1, -0.05) is 25.0 Å². The van der Waals surface area contributed by atoms with Crippen molar-refractivity contribution in [3.8, 4) is 0 Å². The number of hydrogen-bond donors (Lipinski definition) is 0. The monoisotopic (exact) mass is 373 g/mol. The largest absolute Gasteiger partial charge is 0.366 e. The Kier molecular flexibility index (Phi) is 5.06. The Balaban J connectivity index is 1.39. The summed E-state index contributed by atoms with van der Waals surface area (Å²) in [6, 6.07) is 6.75. The van der Waals surface area contributed by atoms with E-state index in [9.17, 15) is 14.0 Å². The van der Waals surface area contributed by atoms with Gasteiger partial charge in [-0.3, -0.25) is 9.59 Å². The Bertz CT molecular complexity index is 703. The lowest BCUT2D eigenvalue weighted by atomic mass is 10.0. The Hall–Kier alpha value is -2.11. The number of para-hydroxylation sites is 1. The molecule has 0 spiro atoms. The molecule has 3 fully saturated rings. The van der Waals surface area contributed by atoms with Crippen LogP contribution in [-0.2, 0) is 9.59 Å². The molecule has 1 aromatic rings. The van der Waals surface area contributed by atoms with Gasteiger partial charge in [0.1, 0.15) is 11.2 Å². The molecule has 5 nitrogen and oxygen atoms in total. The molecular formula is C21H28FN3O2. The summed E-state index contributed by atoms with van der Waals surface area (Å²) in [5, 5.41) is 0. The summed E-state index contributed by atoms with van der Waals surface area (Å²) in [6.07, 6.45) is 5.77. The highest BCUT2D eigenvalue weighted by atomic mass is 19.1. The lowest BCUT2D eigenvalue weighted by Gasteiger charge is -2.38. The molecule has 0 unspecified atom stereocenters. The molecule has 0 N–H and O–H groups in total. The number of halogens is 1. The van der Waals surface area contributed by atoms with Crippen LogP contribution in [0.15, 0.2) is 24.3 Å². The summed E-state index contributed by atoms with van der Waals surface area (Å²) in [6.45, 7) is 3.86. The highest BCUT2D eigenvalue weighted by Crippen LogP contribution is 2.49. The zero-order valence-corrected chi connectivity index (χ0v) is 15.8. The van der Waals surface area contributed by atoms with Gasteiger partial charge in [0.05, 0.1) is 5.69 Å². The number of benzene rings is 1. The topological polar surface area (TPSA) is 43.9 Å². The molecule has 4 rings (SSSR count). The molecule has 146 valence electrons. The van der Waals surface area contributed by atoms with Crippen LogP contribution in [0, 0.1) is 11.2 Å². The molecule has 1 saturated carbocycles. The first kappa shape index (κ1) is 18.3.